The van der Waals surface area contributed by atoms with Crippen LogP contribution in [-0.4, -0.2) is 34.3 Å². The first-order valence-electron chi connectivity index (χ1n) is 9.55. The van der Waals surface area contributed by atoms with E-state index in [1.807, 2.05) is 30.3 Å². The van der Waals surface area contributed by atoms with E-state index in [1.165, 1.54) is 14.2 Å². The number of hydrogen-bond acceptors (Lipinski definition) is 6. The number of carbonyl (C=O) groups is 1. The number of rotatable bonds is 9. The molecule has 1 amide bonds. The van der Waals surface area contributed by atoms with E-state index in [0.29, 0.717) is 46.6 Å². The van der Waals surface area contributed by atoms with Crippen molar-refractivity contribution < 1.29 is 28.5 Å². The maximum atomic E-state index is 12.9. The molecule has 0 saturated carbocycles. The first-order valence-corrected chi connectivity index (χ1v) is 9.55. The van der Waals surface area contributed by atoms with Gasteiger partial charge >= 0.3 is 0 Å². The summed E-state index contributed by atoms with van der Waals surface area (Å²) in [6.45, 7) is 0.336. The Kier molecular flexibility index (Phi) is 7.22. The van der Waals surface area contributed by atoms with Crippen LogP contribution in [0.5, 0.6) is 28.7 Å². The van der Waals surface area contributed by atoms with Crippen LogP contribution in [0.25, 0.3) is 0 Å². The Morgan fingerprint density at radius 2 is 1.35 bits per heavy atom. The minimum atomic E-state index is -0.346. The predicted molar refractivity (Wildman–Crippen MR) is 118 cm³/mol. The molecule has 0 spiro atoms. The van der Waals surface area contributed by atoms with Gasteiger partial charge < -0.3 is 29.0 Å². The summed E-state index contributed by atoms with van der Waals surface area (Å²) in [6.07, 6.45) is 0. The number of benzene rings is 3. The lowest BCUT2D eigenvalue weighted by Crippen LogP contribution is -2.13. The van der Waals surface area contributed by atoms with Crippen molar-refractivity contribution in [1.82, 2.24) is 0 Å². The highest BCUT2D eigenvalue weighted by molar-refractivity contribution is 6.05. The lowest BCUT2D eigenvalue weighted by Gasteiger charge is -2.16. The summed E-state index contributed by atoms with van der Waals surface area (Å²) in [7, 11) is 6.12. The van der Waals surface area contributed by atoms with Crippen molar-refractivity contribution in [1.29, 1.82) is 0 Å². The van der Waals surface area contributed by atoms with Gasteiger partial charge in [-0.15, -0.1) is 0 Å². The fourth-order valence-corrected chi connectivity index (χ4v) is 2.97. The zero-order chi connectivity index (χ0) is 22.2. The van der Waals surface area contributed by atoms with Crippen LogP contribution >= 0.6 is 0 Å². The average molecular weight is 423 g/mol. The molecule has 3 aromatic carbocycles. The first-order chi connectivity index (χ1) is 15.1. The minimum absolute atomic E-state index is 0.336. The Balaban J connectivity index is 1.85. The van der Waals surface area contributed by atoms with Crippen LogP contribution in [0, 0.1) is 0 Å². The first kappa shape index (κ1) is 21.8. The molecule has 7 nitrogen and oxygen atoms in total. The van der Waals surface area contributed by atoms with Gasteiger partial charge in [0.2, 0.25) is 5.75 Å². The van der Waals surface area contributed by atoms with Gasteiger partial charge in [-0.1, -0.05) is 30.3 Å². The molecular weight excluding hydrogens is 398 g/mol. The third-order valence-corrected chi connectivity index (χ3v) is 4.56. The topological polar surface area (TPSA) is 75.3 Å². The molecule has 0 aliphatic heterocycles. The van der Waals surface area contributed by atoms with Gasteiger partial charge in [0.25, 0.3) is 5.91 Å². The van der Waals surface area contributed by atoms with Crippen LogP contribution in [0.1, 0.15) is 15.9 Å². The van der Waals surface area contributed by atoms with E-state index in [0.717, 1.165) is 5.56 Å². The Bertz CT molecular complexity index is 988. The molecule has 0 aliphatic carbocycles. The van der Waals surface area contributed by atoms with Crippen LogP contribution in [0.4, 0.5) is 5.69 Å². The second-order valence-electron chi connectivity index (χ2n) is 6.54. The van der Waals surface area contributed by atoms with E-state index >= 15 is 0 Å². The van der Waals surface area contributed by atoms with Crippen molar-refractivity contribution >= 4 is 11.6 Å². The molecule has 0 aromatic heterocycles. The predicted octanol–water partition coefficient (Wildman–Crippen LogP) is 4.55. The molecule has 0 atom stereocenters. The summed E-state index contributed by atoms with van der Waals surface area (Å²) in [6, 6.07) is 18.1. The number of amides is 1. The van der Waals surface area contributed by atoms with Crippen molar-refractivity contribution in [2.75, 3.05) is 33.8 Å². The molecule has 0 saturated heterocycles. The molecule has 0 fully saturated rings. The molecule has 162 valence electrons. The SMILES string of the molecule is COc1cc(NC(=O)c2cc(OC)c(OCc3ccccc3)c(OC)c2)cc(OC)c1. The van der Waals surface area contributed by atoms with E-state index in [2.05, 4.69) is 5.32 Å². The molecular formula is C24H25NO6. The van der Waals surface area contributed by atoms with Crippen LogP contribution in [0.15, 0.2) is 60.7 Å². The number of anilines is 1. The second kappa shape index (κ2) is 10.2. The van der Waals surface area contributed by atoms with Gasteiger partial charge in [0, 0.05) is 29.4 Å². The van der Waals surface area contributed by atoms with Gasteiger partial charge in [0.05, 0.1) is 28.4 Å². The van der Waals surface area contributed by atoms with Gasteiger partial charge in [-0.3, -0.25) is 4.79 Å². The molecule has 3 rings (SSSR count). The zero-order valence-corrected chi connectivity index (χ0v) is 17.9. The molecule has 3 aromatic rings. The van der Waals surface area contributed by atoms with E-state index in [4.69, 9.17) is 23.7 Å². The largest absolute Gasteiger partial charge is 0.497 e. The Morgan fingerprint density at radius 1 is 0.774 bits per heavy atom. The smallest absolute Gasteiger partial charge is 0.255 e. The second-order valence-corrected chi connectivity index (χ2v) is 6.54. The number of nitrogens with one attached hydrogen (secondary N) is 1. The van der Waals surface area contributed by atoms with Crippen LogP contribution in [0.3, 0.4) is 0 Å². The highest BCUT2D eigenvalue weighted by atomic mass is 16.5. The maximum absolute atomic E-state index is 12.9. The normalized spacial score (nSPS) is 10.2. The number of carbonyl (C=O) groups excluding carboxylic acids is 1. The zero-order valence-electron chi connectivity index (χ0n) is 17.9. The molecule has 0 bridgehead atoms. The third kappa shape index (κ3) is 5.39. The fourth-order valence-electron chi connectivity index (χ4n) is 2.97. The van der Waals surface area contributed by atoms with Gasteiger partial charge in [-0.25, -0.2) is 0 Å². The fraction of sp³-hybridized carbons (Fsp3) is 0.208. The summed E-state index contributed by atoms with van der Waals surface area (Å²) in [4.78, 5) is 12.9. The van der Waals surface area contributed by atoms with Crippen molar-refractivity contribution in [3.05, 3.63) is 71.8 Å². The van der Waals surface area contributed by atoms with Crippen molar-refractivity contribution in [3.8, 4) is 28.7 Å². The Labute approximate surface area is 181 Å². The molecule has 1 N–H and O–H groups in total. The summed E-state index contributed by atoms with van der Waals surface area (Å²) in [5.41, 5.74) is 1.88. The molecule has 7 heteroatoms. The highest BCUT2D eigenvalue weighted by Gasteiger charge is 2.18. The Morgan fingerprint density at radius 3 is 1.87 bits per heavy atom. The van der Waals surface area contributed by atoms with Crippen LogP contribution in [0.2, 0.25) is 0 Å². The Hall–Kier alpha value is -3.87. The highest BCUT2D eigenvalue weighted by Crippen LogP contribution is 2.39. The monoisotopic (exact) mass is 423 g/mol. The van der Waals surface area contributed by atoms with Gasteiger partial charge in [0.1, 0.15) is 18.1 Å². The summed E-state index contributed by atoms with van der Waals surface area (Å²) in [5, 5.41) is 2.84. The molecule has 0 radical (unpaired) electrons. The standard InChI is InChI=1S/C24H25NO6/c1-27-19-12-18(13-20(14-19)28-2)25-24(26)17-10-21(29-3)23(22(11-17)30-4)31-15-16-8-6-5-7-9-16/h5-14H,15H2,1-4H3,(H,25,26). The lowest BCUT2D eigenvalue weighted by atomic mass is 10.1. The van der Waals surface area contributed by atoms with Gasteiger partial charge in [-0.2, -0.15) is 0 Å². The van der Waals surface area contributed by atoms with E-state index in [1.54, 1.807) is 44.6 Å². The van der Waals surface area contributed by atoms with Crippen LogP contribution in [-0.2, 0) is 6.61 Å². The molecule has 31 heavy (non-hydrogen) atoms. The minimum Gasteiger partial charge on any atom is -0.497 e. The number of methoxy groups -OCH3 is 4. The van der Waals surface area contributed by atoms with E-state index in [-0.39, 0.29) is 5.91 Å². The van der Waals surface area contributed by atoms with Crippen LogP contribution < -0.4 is 29.0 Å². The average Bonchev–Trinajstić information content (AvgIpc) is 2.82. The summed E-state index contributed by atoms with van der Waals surface area (Å²) in [5.74, 6) is 1.99. The van der Waals surface area contributed by atoms with Crippen molar-refractivity contribution in [2.45, 2.75) is 6.61 Å². The number of ether oxygens (including phenoxy) is 5. The summed E-state index contributed by atoms with van der Waals surface area (Å²) >= 11 is 0. The maximum Gasteiger partial charge on any atom is 0.255 e. The third-order valence-electron chi connectivity index (χ3n) is 4.56. The van der Waals surface area contributed by atoms with Gasteiger partial charge in [-0.05, 0) is 17.7 Å². The molecule has 0 unspecified atom stereocenters. The molecule has 0 heterocycles. The van der Waals surface area contributed by atoms with E-state index in [9.17, 15) is 4.79 Å². The van der Waals surface area contributed by atoms with Crippen molar-refractivity contribution in [3.63, 3.8) is 0 Å². The number of hydrogen-bond donors (Lipinski definition) is 1. The molecule has 0 aliphatic rings. The van der Waals surface area contributed by atoms with Crippen molar-refractivity contribution in [2.24, 2.45) is 0 Å². The quantitative estimate of drug-likeness (QED) is 0.544. The van der Waals surface area contributed by atoms with E-state index < -0.39 is 0 Å². The lowest BCUT2D eigenvalue weighted by molar-refractivity contribution is 0.102. The summed E-state index contributed by atoms with van der Waals surface area (Å²) < 4.78 is 27.4. The van der Waals surface area contributed by atoms with Gasteiger partial charge in [0.15, 0.2) is 11.5 Å².